The molecule has 0 heterocycles. The van der Waals surface area contributed by atoms with Gasteiger partial charge < -0.3 is 0 Å². The molecule has 4 aromatic carbocycles. The zero-order valence-corrected chi connectivity index (χ0v) is 11.6. The van der Waals surface area contributed by atoms with Crippen LogP contribution in [-0.4, -0.2) is 0 Å². The lowest BCUT2D eigenvalue weighted by molar-refractivity contribution is 1.68. The fraction of sp³-hybridized carbons (Fsp3) is 0. The van der Waals surface area contributed by atoms with Gasteiger partial charge >= 0.3 is 0 Å². The van der Waals surface area contributed by atoms with E-state index in [0.717, 1.165) is 10.8 Å². The smallest absolute Gasteiger partial charge is 0.0629 e. The van der Waals surface area contributed by atoms with Crippen LogP contribution >= 0.6 is 11.6 Å². The van der Waals surface area contributed by atoms with E-state index < -0.39 is 12.1 Å². The van der Waals surface area contributed by atoms with Crippen molar-refractivity contribution in [1.82, 2.24) is 0 Å². The Labute approximate surface area is 138 Å². The monoisotopic (exact) mass is 295 g/mol. The summed E-state index contributed by atoms with van der Waals surface area (Å²) in [6, 6.07) is 8.14. The molecule has 0 fully saturated rings. The van der Waals surface area contributed by atoms with Gasteiger partial charge in [-0.05, 0) is 50.9 Å². The molecule has 4 aromatic rings. The Morgan fingerprint density at radius 3 is 2.43 bits per heavy atom. The molecule has 0 unspecified atom stereocenters. The van der Waals surface area contributed by atoms with Gasteiger partial charge in [-0.2, -0.15) is 0 Å². The first-order chi connectivity index (χ1) is 13.2. The molecule has 0 nitrogen and oxygen atoms in total. The van der Waals surface area contributed by atoms with Crippen molar-refractivity contribution in [1.29, 1.82) is 0 Å². The molecular formula is C20H13Cl. The zero-order chi connectivity index (χ0) is 20.3. The maximum absolute atomic E-state index is 8.41. The molecule has 4 rings (SSSR count). The third-order valence-corrected chi connectivity index (χ3v) is 3.64. The Morgan fingerprint density at radius 1 is 0.714 bits per heavy atom. The summed E-state index contributed by atoms with van der Waals surface area (Å²) in [5.41, 5.74) is 0.767. The van der Waals surface area contributed by atoms with E-state index in [1.165, 1.54) is 0 Å². The lowest BCUT2D eigenvalue weighted by Gasteiger charge is -2.08. The molecule has 0 radical (unpaired) electrons. The highest BCUT2D eigenvalue weighted by atomic mass is 35.5. The average molecular weight is 296 g/mol. The van der Waals surface area contributed by atoms with Crippen molar-refractivity contribution in [3.63, 3.8) is 0 Å². The van der Waals surface area contributed by atoms with Gasteiger partial charge in [0.05, 0.1) is 9.60 Å². The van der Waals surface area contributed by atoms with Gasteiger partial charge in [0, 0.05) is 5.02 Å². The van der Waals surface area contributed by atoms with Gasteiger partial charge in [-0.1, -0.05) is 72.1 Å². The first-order valence-corrected chi connectivity index (χ1v) is 6.79. The number of halogens is 1. The summed E-state index contributed by atoms with van der Waals surface area (Å²) in [6.45, 7) is 0. The van der Waals surface area contributed by atoms with Crippen molar-refractivity contribution in [3.05, 3.63) is 83.7 Å². The summed E-state index contributed by atoms with van der Waals surface area (Å²) >= 11 is 6.03. The number of hydrogen-bond donors (Lipinski definition) is 0. The molecule has 1 heteroatoms. The van der Waals surface area contributed by atoms with Crippen LogP contribution in [0.2, 0.25) is 5.02 Å². The largest absolute Gasteiger partial charge is 0.0843 e. The second-order valence-electron chi connectivity index (χ2n) is 4.71. The second kappa shape index (κ2) is 4.91. The standard InChI is InChI=1S/C20H13Cl/c21-18-11-10-15-12-17(9-8-16(15)13-18)20-7-3-5-14-4-1-2-6-19(14)20/h1-13H/i1D,2D,3D,4D,5D,6D,7D. The normalized spacial score (nSPS) is 15.8. The van der Waals surface area contributed by atoms with Gasteiger partial charge in [0.15, 0.2) is 0 Å². The summed E-state index contributed by atoms with van der Waals surface area (Å²) in [5.74, 6) is 0. The SMILES string of the molecule is [2H]c1c([2H])c([2H])c2c(-c3ccc4cc(Cl)ccc4c3)c([2H])c([2H])c([2H])c2c1[2H]. The summed E-state index contributed by atoms with van der Waals surface area (Å²) in [6.07, 6.45) is 0. The molecule has 100 valence electrons. The van der Waals surface area contributed by atoms with Crippen LogP contribution in [0.3, 0.4) is 0 Å². The molecule has 0 bridgehead atoms. The predicted molar refractivity (Wildman–Crippen MR) is 91.9 cm³/mol. The molecule has 0 aliphatic carbocycles. The highest BCUT2D eigenvalue weighted by Crippen LogP contribution is 2.31. The molecule has 0 saturated carbocycles. The Balaban J connectivity index is 2.20. The molecule has 0 aliphatic rings. The number of hydrogen-bond acceptors (Lipinski definition) is 0. The Morgan fingerprint density at radius 2 is 1.48 bits per heavy atom. The quantitative estimate of drug-likeness (QED) is 0.386. The molecule has 0 N–H and O–H groups in total. The van der Waals surface area contributed by atoms with E-state index in [-0.39, 0.29) is 46.5 Å². The van der Waals surface area contributed by atoms with Gasteiger partial charge in [0.2, 0.25) is 0 Å². The number of fused-ring (bicyclic) bond motifs is 2. The van der Waals surface area contributed by atoms with Crippen molar-refractivity contribution < 1.29 is 9.60 Å². The van der Waals surface area contributed by atoms with Crippen molar-refractivity contribution in [2.45, 2.75) is 0 Å². The summed E-state index contributed by atoms with van der Waals surface area (Å²) < 4.78 is 57.1. The van der Waals surface area contributed by atoms with Gasteiger partial charge in [-0.3, -0.25) is 0 Å². The molecular weight excluding hydrogens is 276 g/mol. The topological polar surface area (TPSA) is 0 Å². The molecule has 0 amide bonds. The molecule has 0 spiro atoms. The minimum atomic E-state index is -0.456. The van der Waals surface area contributed by atoms with Crippen LogP contribution in [0.1, 0.15) is 9.60 Å². The Hall–Kier alpha value is -2.31. The van der Waals surface area contributed by atoms with Crippen molar-refractivity contribution in [2.75, 3.05) is 0 Å². The lowest BCUT2D eigenvalue weighted by Crippen LogP contribution is -1.82. The van der Waals surface area contributed by atoms with Crippen LogP contribution in [-0.2, 0) is 0 Å². The first kappa shape index (κ1) is 7.11. The fourth-order valence-corrected chi connectivity index (χ4v) is 2.58. The predicted octanol–water partition coefficient (Wildman–Crippen LogP) is 6.31. The highest BCUT2D eigenvalue weighted by molar-refractivity contribution is 6.31. The van der Waals surface area contributed by atoms with Crippen LogP contribution < -0.4 is 0 Å². The van der Waals surface area contributed by atoms with Crippen LogP contribution in [0.5, 0.6) is 0 Å². The highest BCUT2D eigenvalue weighted by Gasteiger charge is 2.04. The minimum absolute atomic E-state index is 0.0433. The van der Waals surface area contributed by atoms with Crippen LogP contribution in [0.25, 0.3) is 32.7 Å². The Kier molecular flexibility index (Phi) is 1.66. The zero-order valence-electron chi connectivity index (χ0n) is 17.8. The van der Waals surface area contributed by atoms with Crippen LogP contribution in [0.15, 0.2) is 78.7 Å². The maximum Gasteiger partial charge on any atom is 0.0629 e. The van der Waals surface area contributed by atoms with Crippen molar-refractivity contribution in [2.24, 2.45) is 0 Å². The van der Waals surface area contributed by atoms with Crippen molar-refractivity contribution in [3.8, 4) is 11.1 Å². The number of rotatable bonds is 1. The van der Waals surface area contributed by atoms with Gasteiger partial charge in [0.25, 0.3) is 0 Å². The Bertz CT molecular complexity index is 1290. The van der Waals surface area contributed by atoms with Crippen LogP contribution in [0.4, 0.5) is 0 Å². The summed E-state index contributed by atoms with van der Waals surface area (Å²) in [7, 11) is 0. The van der Waals surface area contributed by atoms with E-state index in [9.17, 15) is 0 Å². The van der Waals surface area contributed by atoms with E-state index in [1.807, 2.05) is 12.1 Å². The third-order valence-electron chi connectivity index (χ3n) is 3.40. The minimum Gasteiger partial charge on any atom is -0.0843 e. The second-order valence-corrected chi connectivity index (χ2v) is 5.14. The van der Waals surface area contributed by atoms with Gasteiger partial charge in [0.1, 0.15) is 0 Å². The molecule has 0 saturated heterocycles. The van der Waals surface area contributed by atoms with E-state index >= 15 is 0 Å². The number of benzene rings is 4. The average Bonchev–Trinajstić information content (AvgIpc) is 2.68. The molecule has 0 aliphatic heterocycles. The van der Waals surface area contributed by atoms with Gasteiger partial charge in [-0.25, -0.2) is 0 Å². The van der Waals surface area contributed by atoms with E-state index in [4.69, 9.17) is 21.2 Å². The third kappa shape index (κ3) is 2.18. The fourth-order valence-electron chi connectivity index (χ4n) is 2.40. The maximum atomic E-state index is 8.41. The summed E-state index contributed by atoms with van der Waals surface area (Å²) in [5, 5.41) is 2.37. The molecule has 0 aromatic heterocycles. The van der Waals surface area contributed by atoms with Crippen molar-refractivity contribution >= 4 is 33.1 Å². The first-order valence-electron chi connectivity index (χ1n) is 9.92. The van der Waals surface area contributed by atoms with E-state index in [2.05, 4.69) is 0 Å². The van der Waals surface area contributed by atoms with Crippen LogP contribution in [0, 0.1) is 0 Å². The lowest BCUT2D eigenvalue weighted by atomic mass is 9.96. The van der Waals surface area contributed by atoms with Gasteiger partial charge in [-0.15, -0.1) is 0 Å². The van der Waals surface area contributed by atoms with E-state index in [0.29, 0.717) is 10.6 Å². The summed E-state index contributed by atoms with van der Waals surface area (Å²) in [4.78, 5) is 0. The molecule has 0 atom stereocenters. The van der Waals surface area contributed by atoms with E-state index in [1.54, 1.807) is 24.3 Å². The molecule has 21 heavy (non-hydrogen) atoms.